The Bertz CT molecular complexity index is 515. The molecule has 1 aromatic heterocycles. The second kappa shape index (κ2) is 5.89. The molecule has 20 heavy (non-hydrogen) atoms. The van der Waals surface area contributed by atoms with Gasteiger partial charge in [0, 0.05) is 25.6 Å². The lowest BCUT2D eigenvalue weighted by atomic mass is 10.1. The Morgan fingerprint density at radius 2 is 2.35 bits per heavy atom. The molecule has 0 aliphatic carbocycles. The van der Waals surface area contributed by atoms with Crippen LogP contribution in [0.5, 0.6) is 0 Å². The molecule has 1 saturated heterocycles. The van der Waals surface area contributed by atoms with Crippen LogP contribution in [0, 0.1) is 17.0 Å². The van der Waals surface area contributed by atoms with Crippen LogP contribution in [0.1, 0.15) is 31.9 Å². The number of piperidine rings is 1. The highest BCUT2D eigenvalue weighted by Crippen LogP contribution is 2.29. The number of aromatic nitrogens is 2. The van der Waals surface area contributed by atoms with Gasteiger partial charge < -0.3 is 10.6 Å². The van der Waals surface area contributed by atoms with Crippen LogP contribution in [0.3, 0.4) is 0 Å². The molecule has 110 valence electrons. The van der Waals surface area contributed by atoms with Crippen molar-refractivity contribution in [2.75, 3.05) is 11.9 Å². The standard InChI is InChI=1S/C12H19N5O3/c1-3-6-16-12(11(17(19)20)8(2)15-16)14-9-4-5-10(18)13-7-9/h9,14H,3-7H2,1-2H3,(H,13,18). The Labute approximate surface area is 116 Å². The zero-order chi connectivity index (χ0) is 14.7. The van der Waals surface area contributed by atoms with Crippen molar-refractivity contribution < 1.29 is 9.72 Å². The summed E-state index contributed by atoms with van der Waals surface area (Å²) in [5, 5.41) is 21.4. The van der Waals surface area contributed by atoms with E-state index in [0.29, 0.717) is 37.4 Å². The number of nitrogens with zero attached hydrogens (tertiary/aromatic N) is 3. The van der Waals surface area contributed by atoms with Crippen LogP contribution >= 0.6 is 0 Å². The Kier molecular flexibility index (Phi) is 4.21. The molecule has 1 atom stereocenters. The number of rotatable bonds is 5. The van der Waals surface area contributed by atoms with Crippen LogP contribution in [0.4, 0.5) is 11.5 Å². The molecule has 2 rings (SSSR count). The van der Waals surface area contributed by atoms with Gasteiger partial charge in [-0.1, -0.05) is 6.92 Å². The lowest BCUT2D eigenvalue weighted by Crippen LogP contribution is -2.42. The molecule has 1 fully saturated rings. The van der Waals surface area contributed by atoms with Crippen molar-refractivity contribution in [3.63, 3.8) is 0 Å². The van der Waals surface area contributed by atoms with E-state index in [1.165, 1.54) is 0 Å². The molecule has 0 radical (unpaired) electrons. The summed E-state index contributed by atoms with van der Waals surface area (Å²) in [6.45, 7) is 4.73. The number of nitro groups is 1. The molecule has 2 heterocycles. The fourth-order valence-corrected chi connectivity index (χ4v) is 2.36. The highest BCUT2D eigenvalue weighted by Gasteiger charge is 2.28. The SMILES string of the molecule is CCCn1nc(C)c([N+](=O)[O-])c1NC1CCC(=O)NC1. The number of amides is 1. The number of hydrogen-bond acceptors (Lipinski definition) is 5. The predicted octanol–water partition coefficient (Wildman–Crippen LogP) is 1.20. The summed E-state index contributed by atoms with van der Waals surface area (Å²) in [4.78, 5) is 21.9. The first-order chi connectivity index (χ1) is 9.52. The van der Waals surface area contributed by atoms with Crippen molar-refractivity contribution in [3.05, 3.63) is 15.8 Å². The van der Waals surface area contributed by atoms with E-state index in [-0.39, 0.29) is 17.6 Å². The highest BCUT2D eigenvalue weighted by molar-refractivity contribution is 5.77. The van der Waals surface area contributed by atoms with E-state index in [2.05, 4.69) is 15.7 Å². The third-order valence-electron chi connectivity index (χ3n) is 3.32. The summed E-state index contributed by atoms with van der Waals surface area (Å²) in [7, 11) is 0. The van der Waals surface area contributed by atoms with Crippen molar-refractivity contribution in [1.29, 1.82) is 0 Å². The van der Waals surface area contributed by atoms with Crippen LogP contribution in [0.15, 0.2) is 0 Å². The number of hydrogen-bond donors (Lipinski definition) is 2. The second-order valence-corrected chi connectivity index (χ2v) is 4.95. The average Bonchev–Trinajstić information content (AvgIpc) is 2.69. The molecule has 1 amide bonds. The average molecular weight is 281 g/mol. The largest absolute Gasteiger partial charge is 0.360 e. The van der Waals surface area contributed by atoms with Crippen LogP contribution < -0.4 is 10.6 Å². The molecule has 1 aromatic rings. The van der Waals surface area contributed by atoms with Crippen LogP contribution in [-0.2, 0) is 11.3 Å². The topological polar surface area (TPSA) is 102 Å². The van der Waals surface area contributed by atoms with Gasteiger partial charge in [0.1, 0.15) is 5.69 Å². The monoisotopic (exact) mass is 281 g/mol. The highest BCUT2D eigenvalue weighted by atomic mass is 16.6. The third kappa shape index (κ3) is 2.89. The second-order valence-electron chi connectivity index (χ2n) is 4.95. The van der Waals surface area contributed by atoms with Gasteiger partial charge in [-0.2, -0.15) is 5.10 Å². The summed E-state index contributed by atoms with van der Waals surface area (Å²) < 4.78 is 1.64. The molecule has 0 saturated carbocycles. The van der Waals surface area contributed by atoms with Gasteiger partial charge in [0.2, 0.25) is 11.7 Å². The van der Waals surface area contributed by atoms with E-state index in [4.69, 9.17) is 0 Å². The normalized spacial score (nSPS) is 18.7. The fraction of sp³-hybridized carbons (Fsp3) is 0.667. The molecule has 0 aromatic carbocycles. The Morgan fingerprint density at radius 3 is 2.90 bits per heavy atom. The number of aryl methyl sites for hydroxylation is 2. The van der Waals surface area contributed by atoms with E-state index >= 15 is 0 Å². The van der Waals surface area contributed by atoms with Crippen LogP contribution in [0.25, 0.3) is 0 Å². The maximum absolute atomic E-state index is 11.2. The van der Waals surface area contributed by atoms with Crippen molar-refractivity contribution in [2.24, 2.45) is 0 Å². The molecule has 0 spiro atoms. The van der Waals surface area contributed by atoms with Crippen molar-refractivity contribution >= 4 is 17.4 Å². The first-order valence-corrected chi connectivity index (χ1v) is 6.78. The molecular weight excluding hydrogens is 262 g/mol. The van der Waals surface area contributed by atoms with Gasteiger partial charge in [-0.05, 0) is 19.8 Å². The number of carbonyl (C=O) groups is 1. The molecular formula is C12H19N5O3. The molecule has 1 aliphatic heterocycles. The quantitative estimate of drug-likeness (QED) is 0.623. The number of carbonyl (C=O) groups excluding carboxylic acids is 1. The summed E-state index contributed by atoms with van der Waals surface area (Å²) in [5.74, 6) is 0.464. The minimum Gasteiger partial charge on any atom is -0.360 e. The summed E-state index contributed by atoms with van der Waals surface area (Å²) >= 11 is 0. The number of anilines is 1. The lowest BCUT2D eigenvalue weighted by molar-refractivity contribution is -0.384. The zero-order valence-electron chi connectivity index (χ0n) is 11.7. The zero-order valence-corrected chi connectivity index (χ0v) is 11.7. The van der Waals surface area contributed by atoms with E-state index < -0.39 is 4.92 Å². The third-order valence-corrected chi connectivity index (χ3v) is 3.32. The molecule has 8 nitrogen and oxygen atoms in total. The minimum atomic E-state index is -0.405. The molecule has 1 aliphatic rings. The maximum Gasteiger partial charge on any atom is 0.333 e. The van der Waals surface area contributed by atoms with Gasteiger partial charge in [0.05, 0.1) is 4.92 Å². The molecule has 1 unspecified atom stereocenters. The van der Waals surface area contributed by atoms with E-state index in [1.807, 2.05) is 6.92 Å². The van der Waals surface area contributed by atoms with E-state index in [9.17, 15) is 14.9 Å². The van der Waals surface area contributed by atoms with Crippen LogP contribution in [0.2, 0.25) is 0 Å². The van der Waals surface area contributed by atoms with Crippen molar-refractivity contribution in [3.8, 4) is 0 Å². The van der Waals surface area contributed by atoms with Gasteiger partial charge >= 0.3 is 5.69 Å². The first-order valence-electron chi connectivity index (χ1n) is 6.78. The van der Waals surface area contributed by atoms with Gasteiger partial charge in [-0.25, -0.2) is 4.68 Å². The number of nitrogens with one attached hydrogen (secondary N) is 2. The Hall–Kier alpha value is -2.12. The van der Waals surface area contributed by atoms with Gasteiger partial charge in [-0.3, -0.25) is 14.9 Å². The van der Waals surface area contributed by atoms with Crippen molar-refractivity contribution in [2.45, 2.75) is 45.7 Å². The summed E-state index contributed by atoms with van der Waals surface area (Å²) in [5.41, 5.74) is 0.432. The minimum absolute atomic E-state index is 0.00175. The predicted molar refractivity (Wildman–Crippen MR) is 73.6 cm³/mol. The van der Waals surface area contributed by atoms with Gasteiger partial charge in [0.15, 0.2) is 0 Å². The van der Waals surface area contributed by atoms with E-state index in [1.54, 1.807) is 11.6 Å². The lowest BCUT2D eigenvalue weighted by Gasteiger charge is -2.24. The van der Waals surface area contributed by atoms with E-state index in [0.717, 1.165) is 6.42 Å². The van der Waals surface area contributed by atoms with Crippen LogP contribution in [-0.4, -0.2) is 33.2 Å². The molecule has 2 N–H and O–H groups in total. The van der Waals surface area contributed by atoms with Gasteiger partial charge in [-0.15, -0.1) is 0 Å². The first kappa shape index (κ1) is 14.3. The fourth-order valence-electron chi connectivity index (χ4n) is 2.36. The van der Waals surface area contributed by atoms with Crippen molar-refractivity contribution in [1.82, 2.24) is 15.1 Å². The Balaban J connectivity index is 2.23. The Morgan fingerprint density at radius 1 is 1.60 bits per heavy atom. The smallest absolute Gasteiger partial charge is 0.333 e. The summed E-state index contributed by atoms with van der Waals surface area (Å²) in [6.07, 6.45) is 1.94. The molecule has 8 heteroatoms. The maximum atomic E-state index is 11.2. The summed E-state index contributed by atoms with van der Waals surface area (Å²) in [6, 6.07) is -0.00175. The molecule has 0 bridgehead atoms. The van der Waals surface area contributed by atoms with Gasteiger partial charge in [0.25, 0.3) is 0 Å².